The fourth-order valence-electron chi connectivity index (χ4n) is 1.62. The summed E-state index contributed by atoms with van der Waals surface area (Å²) in [6, 6.07) is 7.33. The number of para-hydroxylation sites is 2. The van der Waals surface area contributed by atoms with E-state index in [2.05, 4.69) is 15.3 Å². The zero-order chi connectivity index (χ0) is 13.7. The Morgan fingerprint density at radius 3 is 2.68 bits per heavy atom. The Morgan fingerprint density at radius 2 is 1.95 bits per heavy atom. The third-order valence-corrected chi connectivity index (χ3v) is 2.57. The minimum atomic E-state index is -0.375. The highest BCUT2D eigenvalue weighted by Gasteiger charge is 2.08. The largest absolute Gasteiger partial charge is 0.370 e. The standard InChI is InChI=1S/C13H14N4O2/c14-12(18)6-3-7-15-13(19)11-8-16-9-4-1-2-5-10(9)17-11/h1-2,4-5,8H,3,6-7H2,(H2,14,18)(H,15,19). The van der Waals surface area contributed by atoms with E-state index in [0.29, 0.717) is 18.5 Å². The maximum absolute atomic E-state index is 11.8. The minimum absolute atomic E-state index is 0.254. The van der Waals surface area contributed by atoms with Crippen LogP contribution in [0, 0.1) is 0 Å². The van der Waals surface area contributed by atoms with Crippen LogP contribution < -0.4 is 11.1 Å². The van der Waals surface area contributed by atoms with Gasteiger partial charge in [0.05, 0.1) is 17.2 Å². The Balaban J connectivity index is 1.99. The van der Waals surface area contributed by atoms with Gasteiger partial charge in [0.25, 0.3) is 5.91 Å². The van der Waals surface area contributed by atoms with Crippen LogP contribution in [0.3, 0.4) is 0 Å². The number of carbonyl (C=O) groups excluding carboxylic acids is 2. The molecule has 3 N–H and O–H groups in total. The van der Waals surface area contributed by atoms with E-state index in [-0.39, 0.29) is 23.9 Å². The van der Waals surface area contributed by atoms with Gasteiger partial charge in [-0.15, -0.1) is 0 Å². The lowest BCUT2D eigenvalue weighted by molar-refractivity contribution is -0.118. The number of hydrogen-bond donors (Lipinski definition) is 2. The molecule has 0 radical (unpaired) electrons. The van der Waals surface area contributed by atoms with Crippen LogP contribution in [0.5, 0.6) is 0 Å². The molecule has 0 atom stereocenters. The first-order chi connectivity index (χ1) is 9.16. The lowest BCUT2D eigenvalue weighted by Gasteiger charge is -2.04. The number of carbonyl (C=O) groups is 2. The molecule has 2 rings (SSSR count). The predicted molar refractivity (Wildman–Crippen MR) is 70.3 cm³/mol. The van der Waals surface area contributed by atoms with E-state index in [1.165, 1.54) is 6.20 Å². The van der Waals surface area contributed by atoms with Crippen molar-refractivity contribution in [3.05, 3.63) is 36.2 Å². The molecule has 19 heavy (non-hydrogen) atoms. The van der Waals surface area contributed by atoms with Gasteiger partial charge < -0.3 is 11.1 Å². The molecule has 1 aromatic carbocycles. The molecule has 0 bridgehead atoms. The lowest BCUT2D eigenvalue weighted by Crippen LogP contribution is -2.26. The van der Waals surface area contributed by atoms with E-state index in [0.717, 1.165) is 5.52 Å². The van der Waals surface area contributed by atoms with Gasteiger partial charge in [-0.25, -0.2) is 4.98 Å². The van der Waals surface area contributed by atoms with Crippen LogP contribution in [0.2, 0.25) is 0 Å². The second kappa shape index (κ2) is 5.90. The molecule has 1 aromatic heterocycles. The molecule has 0 unspecified atom stereocenters. The van der Waals surface area contributed by atoms with E-state index < -0.39 is 0 Å². The van der Waals surface area contributed by atoms with Gasteiger partial charge in [-0.1, -0.05) is 12.1 Å². The van der Waals surface area contributed by atoms with Gasteiger partial charge in [0.1, 0.15) is 5.69 Å². The van der Waals surface area contributed by atoms with Crippen molar-refractivity contribution in [1.82, 2.24) is 15.3 Å². The molecular weight excluding hydrogens is 244 g/mol. The van der Waals surface area contributed by atoms with Crippen LogP contribution in [-0.4, -0.2) is 28.3 Å². The fourth-order valence-corrected chi connectivity index (χ4v) is 1.62. The summed E-state index contributed by atoms with van der Waals surface area (Å²) in [7, 11) is 0. The quantitative estimate of drug-likeness (QED) is 0.768. The van der Waals surface area contributed by atoms with E-state index in [9.17, 15) is 9.59 Å². The highest BCUT2D eigenvalue weighted by atomic mass is 16.2. The maximum atomic E-state index is 11.8. The number of nitrogens with one attached hydrogen (secondary N) is 1. The van der Waals surface area contributed by atoms with Crippen LogP contribution in [0.4, 0.5) is 0 Å². The van der Waals surface area contributed by atoms with Gasteiger partial charge >= 0.3 is 0 Å². The molecular formula is C13H14N4O2. The van der Waals surface area contributed by atoms with Crippen LogP contribution in [0.25, 0.3) is 11.0 Å². The maximum Gasteiger partial charge on any atom is 0.271 e. The molecule has 2 aromatic rings. The number of nitrogens with zero attached hydrogens (tertiary/aromatic N) is 2. The van der Waals surface area contributed by atoms with Crippen LogP contribution in [-0.2, 0) is 4.79 Å². The Kier molecular flexibility index (Phi) is 4.02. The van der Waals surface area contributed by atoms with E-state index >= 15 is 0 Å². The first kappa shape index (κ1) is 12.9. The molecule has 0 aliphatic heterocycles. The molecule has 0 fully saturated rings. The van der Waals surface area contributed by atoms with Crippen molar-refractivity contribution in [3.63, 3.8) is 0 Å². The molecule has 6 heteroatoms. The second-order valence-electron chi connectivity index (χ2n) is 4.07. The summed E-state index contributed by atoms with van der Waals surface area (Å²) >= 11 is 0. The van der Waals surface area contributed by atoms with Gasteiger partial charge in [0.15, 0.2) is 0 Å². The summed E-state index contributed by atoms with van der Waals surface area (Å²) in [6.45, 7) is 0.385. The zero-order valence-corrected chi connectivity index (χ0v) is 10.3. The SMILES string of the molecule is NC(=O)CCCNC(=O)c1cnc2ccccc2n1. The average Bonchev–Trinajstić information content (AvgIpc) is 2.42. The second-order valence-corrected chi connectivity index (χ2v) is 4.07. The Morgan fingerprint density at radius 1 is 1.21 bits per heavy atom. The number of nitrogens with two attached hydrogens (primary N) is 1. The van der Waals surface area contributed by atoms with Crippen LogP contribution >= 0.6 is 0 Å². The van der Waals surface area contributed by atoms with Crippen molar-refractivity contribution in [2.75, 3.05) is 6.54 Å². The van der Waals surface area contributed by atoms with Crippen molar-refractivity contribution in [3.8, 4) is 0 Å². The van der Waals surface area contributed by atoms with Crippen molar-refractivity contribution < 1.29 is 9.59 Å². The molecule has 0 aliphatic carbocycles. The Hall–Kier alpha value is -2.50. The molecule has 0 spiro atoms. The van der Waals surface area contributed by atoms with Crippen molar-refractivity contribution in [2.45, 2.75) is 12.8 Å². The number of primary amides is 1. The van der Waals surface area contributed by atoms with Gasteiger partial charge in [-0.3, -0.25) is 14.6 Å². The van der Waals surface area contributed by atoms with Gasteiger partial charge in [0, 0.05) is 13.0 Å². The first-order valence-electron chi connectivity index (χ1n) is 5.95. The topological polar surface area (TPSA) is 98.0 Å². The van der Waals surface area contributed by atoms with Crippen LogP contribution in [0.15, 0.2) is 30.5 Å². The zero-order valence-electron chi connectivity index (χ0n) is 10.3. The predicted octanol–water partition coefficient (Wildman–Crippen LogP) is 0.625. The summed E-state index contributed by atoms with van der Waals surface area (Å²) in [5.74, 6) is -0.678. The number of fused-ring (bicyclic) bond motifs is 1. The highest BCUT2D eigenvalue weighted by Crippen LogP contribution is 2.08. The molecule has 0 saturated heterocycles. The molecule has 1 heterocycles. The van der Waals surface area contributed by atoms with Gasteiger partial charge in [0.2, 0.25) is 5.91 Å². The number of hydrogen-bond acceptors (Lipinski definition) is 4. The van der Waals surface area contributed by atoms with Crippen molar-refractivity contribution >= 4 is 22.8 Å². The normalized spacial score (nSPS) is 10.3. The smallest absolute Gasteiger partial charge is 0.271 e. The Bertz CT molecular complexity index is 612. The highest BCUT2D eigenvalue weighted by molar-refractivity contribution is 5.93. The summed E-state index contributed by atoms with van der Waals surface area (Å²) in [4.78, 5) is 30.7. The molecule has 2 amide bonds. The van der Waals surface area contributed by atoms with Gasteiger partial charge in [-0.2, -0.15) is 0 Å². The van der Waals surface area contributed by atoms with E-state index in [1.807, 2.05) is 18.2 Å². The van der Waals surface area contributed by atoms with Crippen molar-refractivity contribution in [1.29, 1.82) is 0 Å². The summed E-state index contributed by atoms with van der Waals surface area (Å²) in [5, 5.41) is 2.67. The molecule has 0 saturated carbocycles. The fraction of sp³-hybridized carbons (Fsp3) is 0.231. The molecule has 6 nitrogen and oxygen atoms in total. The third kappa shape index (κ3) is 3.48. The van der Waals surface area contributed by atoms with Gasteiger partial charge in [-0.05, 0) is 18.6 Å². The summed E-state index contributed by atoms with van der Waals surface area (Å²) in [6.07, 6.45) is 2.21. The minimum Gasteiger partial charge on any atom is -0.370 e. The summed E-state index contributed by atoms with van der Waals surface area (Å²) in [5.41, 5.74) is 6.69. The monoisotopic (exact) mass is 258 g/mol. The first-order valence-corrected chi connectivity index (χ1v) is 5.95. The lowest BCUT2D eigenvalue weighted by atomic mass is 10.3. The molecule has 98 valence electrons. The number of rotatable bonds is 5. The van der Waals surface area contributed by atoms with Crippen LogP contribution in [0.1, 0.15) is 23.3 Å². The summed E-state index contributed by atoms with van der Waals surface area (Å²) < 4.78 is 0. The Labute approximate surface area is 110 Å². The molecule has 0 aliphatic rings. The third-order valence-electron chi connectivity index (χ3n) is 2.57. The van der Waals surface area contributed by atoms with Crippen molar-refractivity contribution in [2.24, 2.45) is 5.73 Å². The number of benzene rings is 1. The average molecular weight is 258 g/mol. The number of aromatic nitrogens is 2. The van der Waals surface area contributed by atoms with E-state index in [1.54, 1.807) is 6.07 Å². The van der Waals surface area contributed by atoms with E-state index in [4.69, 9.17) is 5.73 Å². The number of amides is 2.